The fraction of sp³-hybridized carbons (Fsp3) is 0.0870. The van der Waals surface area contributed by atoms with Gasteiger partial charge in [0, 0.05) is 12.0 Å². The van der Waals surface area contributed by atoms with Gasteiger partial charge in [-0.15, -0.1) is 11.3 Å². The highest BCUT2D eigenvalue weighted by molar-refractivity contribution is 7.18. The van der Waals surface area contributed by atoms with Crippen LogP contribution in [0.25, 0.3) is 21.0 Å². The van der Waals surface area contributed by atoms with Crippen LogP contribution in [0.2, 0.25) is 0 Å². The van der Waals surface area contributed by atoms with Crippen molar-refractivity contribution in [2.24, 2.45) is 0 Å². The first-order chi connectivity index (χ1) is 12.3. The molecule has 0 saturated heterocycles. The lowest BCUT2D eigenvalue weighted by Gasteiger charge is -2.02. The molecule has 25 heavy (non-hydrogen) atoms. The number of hydrogen-bond acceptors (Lipinski definition) is 2. The minimum absolute atomic E-state index is 0.855. The predicted molar refractivity (Wildman–Crippen MR) is 107 cm³/mol. The van der Waals surface area contributed by atoms with Crippen LogP contribution in [-0.2, 0) is 6.42 Å². The molecule has 0 unspecified atom stereocenters. The summed E-state index contributed by atoms with van der Waals surface area (Å²) in [4.78, 5) is 6.26. The summed E-state index contributed by atoms with van der Waals surface area (Å²) in [5.41, 5.74) is 6.14. The maximum atomic E-state index is 5.00. The van der Waals surface area contributed by atoms with Gasteiger partial charge in [0.2, 0.25) is 0 Å². The molecule has 122 valence electrons. The summed E-state index contributed by atoms with van der Waals surface area (Å²) in [6.07, 6.45) is 0.855. The van der Waals surface area contributed by atoms with Gasteiger partial charge in [0.05, 0.1) is 10.6 Å². The number of aromatic nitrogens is 1. The molecule has 0 bridgehead atoms. The van der Waals surface area contributed by atoms with E-state index in [2.05, 4.69) is 91.9 Å². The van der Waals surface area contributed by atoms with E-state index in [1.54, 1.807) is 11.3 Å². The monoisotopic (exact) mass is 341 g/mol. The molecule has 1 nitrogen and oxygen atoms in total. The summed E-state index contributed by atoms with van der Waals surface area (Å²) < 4.78 is 0. The van der Waals surface area contributed by atoms with E-state index >= 15 is 0 Å². The molecular formula is C23H19NS. The van der Waals surface area contributed by atoms with Crippen LogP contribution in [0.3, 0.4) is 0 Å². The van der Waals surface area contributed by atoms with Crippen molar-refractivity contribution in [1.82, 2.24) is 4.98 Å². The van der Waals surface area contributed by atoms with Gasteiger partial charge < -0.3 is 0 Å². The molecule has 1 heterocycles. The maximum Gasteiger partial charge on any atom is 0.124 e. The predicted octanol–water partition coefficient (Wildman–Crippen LogP) is 6.38. The van der Waals surface area contributed by atoms with E-state index in [-0.39, 0.29) is 0 Å². The normalized spacial score (nSPS) is 10.8. The summed E-state index contributed by atoms with van der Waals surface area (Å²) in [5.74, 6) is 0. The minimum atomic E-state index is 0.855. The van der Waals surface area contributed by atoms with E-state index in [1.807, 2.05) is 0 Å². The van der Waals surface area contributed by atoms with Gasteiger partial charge in [0.1, 0.15) is 5.01 Å². The average molecular weight is 341 g/mol. The zero-order chi connectivity index (χ0) is 17.1. The Morgan fingerprint density at radius 3 is 2.04 bits per heavy atom. The lowest BCUT2D eigenvalue weighted by atomic mass is 10.1. The molecule has 0 saturated carbocycles. The second-order valence-electron chi connectivity index (χ2n) is 6.19. The Bertz CT molecular complexity index is 954. The molecule has 4 rings (SSSR count). The summed E-state index contributed by atoms with van der Waals surface area (Å²) in [6, 6.07) is 29.8. The molecule has 4 aromatic rings. The molecule has 1 aromatic heterocycles. The number of hydrogen-bond donors (Lipinski definition) is 0. The first kappa shape index (κ1) is 15.8. The highest BCUT2D eigenvalue weighted by atomic mass is 32.1. The summed E-state index contributed by atoms with van der Waals surface area (Å²) >= 11 is 1.78. The lowest BCUT2D eigenvalue weighted by Crippen LogP contribution is -1.91. The molecule has 0 amide bonds. The smallest absolute Gasteiger partial charge is 0.124 e. The topological polar surface area (TPSA) is 12.9 Å². The number of benzene rings is 3. The fourth-order valence-electron chi connectivity index (χ4n) is 2.90. The van der Waals surface area contributed by atoms with E-state index in [0.717, 1.165) is 17.1 Å². The zero-order valence-electron chi connectivity index (χ0n) is 14.1. The molecule has 0 spiro atoms. The maximum absolute atomic E-state index is 5.00. The van der Waals surface area contributed by atoms with Crippen LogP contribution >= 0.6 is 11.3 Å². The first-order valence-electron chi connectivity index (χ1n) is 8.46. The van der Waals surface area contributed by atoms with E-state index in [0.29, 0.717) is 0 Å². The van der Waals surface area contributed by atoms with Gasteiger partial charge in [-0.1, -0.05) is 90.5 Å². The summed E-state index contributed by atoms with van der Waals surface area (Å²) in [5, 5.41) is 1.09. The zero-order valence-corrected chi connectivity index (χ0v) is 15.0. The number of thiazole rings is 1. The van der Waals surface area contributed by atoms with Crippen LogP contribution in [0, 0.1) is 6.92 Å². The van der Waals surface area contributed by atoms with Crippen molar-refractivity contribution in [3.8, 4) is 21.0 Å². The lowest BCUT2D eigenvalue weighted by molar-refractivity contribution is 1.11. The third-order valence-corrected chi connectivity index (χ3v) is 5.44. The molecule has 0 aliphatic rings. The van der Waals surface area contributed by atoms with Crippen molar-refractivity contribution in [1.29, 1.82) is 0 Å². The largest absolute Gasteiger partial charge is 0.240 e. The number of nitrogens with zero attached hydrogens (tertiary/aromatic N) is 1. The van der Waals surface area contributed by atoms with Crippen LogP contribution in [0.1, 0.15) is 16.8 Å². The minimum Gasteiger partial charge on any atom is -0.240 e. The summed E-state index contributed by atoms with van der Waals surface area (Å²) in [7, 11) is 0. The van der Waals surface area contributed by atoms with Gasteiger partial charge >= 0.3 is 0 Å². The number of aryl methyl sites for hydroxylation is 1. The highest BCUT2D eigenvalue weighted by Crippen LogP contribution is 2.36. The van der Waals surface area contributed by atoms with Crippen molar-refractivity contribution in [2.75, 3.05) is 0 Å². The van der Waals surface area contributed by atoms with E-state index < -0.39 is 0 Å². The quantitative estimate of drug-likeness (QED) is 0.420. The van der Waals surface area contributed by atoms with E-state index in [1.165, 1.54) is 27.1 Å². The molecular weight excluding hydrogens is 322 g/mol. The van der Waals surface area contributed by atoms with Gasteiger partial charge in [-0.3, -0.25) is 0 Å². The van der Waals surface area contributed by atoms with Crippen molar-refractivity contribution in [3.63, 3.8) is 0 Å². The van der Waals surface area contributed by atoms with Crippen molar-refractivity contribution in [3.05, 3.63) is 102 Å². The van der Waals surface area contributed by atoms with Crippen molar-refractivity contribution >= 4 is 11.3 Å². The number of rotatable bonds is 4. The van der Waals surface area contributed by atoms with Crippen LogP contribution in [0.15, 0.2) is 84.9 Å². The molecule has 0 fully saturated rings. The highest BCUT2D eigenvalue weighted by Gasteiger charge is 2.14. The average Bonchev–Trinajstić information content (AvgIpc) is 3.08. The fourth-order valence-corrected chi connectivity index (χ4v) is 3.99. The second kappa shape index (κ2) is 7.04. The van der Waals surface area contributed by atoms with Crippen LogP contribution in [0.5, 0.6) is 0 Å². The Labute approximate surface area is 152 Å². The van der Waals surface area contributed by atoms with Gasteiger partial charge in [-0.05, 0) is 18.1 Å². The van der Waals surface area contributed by atoms with Crippen molar-refractivity contribution in [2.45, 2.75) is 13.3 Å². The Hall–Kier alpha value is -2.71. The van der Waals surface area contributed by atoms with Gasteiger partial charge in [-0.25, -0.2) is 4.98 Å². The third-order valence-electron chi connectivity index (χ3n) is 4.25. The molecule has 0 N–H and O–H groups in total. The van der Waals surface area contributed by atoms with Crippen LogP contribution in [0.4, 0.5) is 0 Å². The molecule has 3 aromatic carbocycles. The van der Waals surface area contributed by atoms with Crippen LogP contribution < -0.4 is 0 Å². The van der Waals surface area contributed by atoms with E-state index in [9.17, 15) is 0 Å². The molecule has 0 aliphatic heterocycles. The van der Waals surface area contributed by atoms with E-state index in [4.69, 9.17) is 4.98 Å². The molecule has 0 radical (unpaired) electrons. The van der Waals surface area contributed by atoms with Gasteiger partial charge in [0.15, 0.2) is 0 Å². The molecule has 0 atom stereocenters. The standard InChI is InChI=1S/C23H19NS/c1-17-12-14-20(15-13-17)23-24-21(16-18-8-4-2-5-9-18)22(25-23)19-10-6-3-7-11-19/h2-15H,16H2,1H3. The first-order valence-corrected chi connectivity index (χ1v) is 9.27. The Kier molecular flexibility index (Phi) is 4.45. The van der Waals surface area contributed by atoms with Gasteiger partial charge in [0.25, 0.3) is 0 Å². The van der Waals surface area contributed by atoms with Gasteiger partial charge in [-0.2, -0.15) is 0 Å². The second-order valence-corrected chi connectivity index (χ2v) is 7.19. The Morgan fingerprint density at radius 1 is 0.720 bits per heavy atom. The molecule has 0 aliphatic carbocycles. The Balaban J connectivity index is 1.79. The Morgan fingerprint density at radius 2 is 1.36 bits per heavy atom. The SMILES string of the molecule is Cc1ccc(-c2nc(Cc3ccccc3)c(-c3ccccc3)s2)cc1. The summed E-state index contributed by atoms with van der Waals surface area (Å²) in [6.45, 7) is 2.11. The third kappa shape index (κ3) is 3.54. The molecule has 2 heteroatoms. The van der Waals surface area contributed by atoms with Crippen LogP contribution in [-0.4, -0.2) is 4.98 Å². The van der Waals surface area contributed by atoms with Crippen molar-refractivity contribution < 1.29 is 0 Å².